The number of carbonyl (C=O) groups excluding carboxylic acids is 3. The summed E-state index contributed by atoms with van der Waals surface area (Å²) in [5.74, 6) is -1.15. The number of pyridine rings is 1. The number of sulfonamides is 1. The van der Waals surface area contributed by atoms with Crippen LogP contribution < -0.4 is 21.3 Å². The number of H-pyrrole nitrogens is 1. The second-order valence-corrected chi connectivity index (χ2v) is 16.0. The van der Waals surface area contributed by atoms with E-state index in [1.54, 1.807) is 13.1 Å². The minimum Gasteiger partial charge on any atom is -0.376 e. The Labute approximate surface area is 307 Å². The molecule has 0 spiro atoms. The minimum absolute atomic E-state index is 0.0249. The van der Waals surface area contributed by atoms with E-state index in [-0.39, 0.29) is 41.4 Å². The second kappa shape index (κ2) is 17.9. The van der Waals surface area contributed by atoms with Gasteiger partial charge in [0.05, 0.1) is 16.9 Å². The molecule has 2 heterocycles. The first kappa shape index (κ1) is 41.1. The highest BCUT2D eigenvalue weighted by Crippen LogP contribution is 2.44. The van der Waals surface area contributed by atoms with E-state index in [9.17, 15) is 40.8 Å². The van der Waals surface area contributed by atoms with E-state index in [0.29, 0.717) is 32.2 Å². The van der Waals surface area contributed by atoms with Crippen molar-refractivity contribution < 1.29 is 36.0 Å². The number of alkyl halides is 3. The van der Waals surface area contributed by atoms with Gasteiger partial charge >= 0.3 is 6.18 Å². The van der Waals surface area contributed by atoms with Crippen LogP contribution in [0.1, 0.15) is 77.2 Å². The van der Waals surface area contributed by atoms with Crippen molar-refractivity contribution in [2.45, 2.75) is 88.6 Å². The lowest BCUT2D eigenvalue weighted by molar-refractivity contribution is -0.137. The number of benzene rings is 2. The molecule has 0 radical (unpaired) electrons. The van der Waals surface area contributed by atoms with Gasteiger partial charge in [-0.3, -0.25) is 23.9 Å². The predicted octanol–water partition coefficient (Wildman–Crippen LogP) is 5.88. The van der Waals surface area contributed by atoms with Crippen LogP contribution >= 0.6 is 0 Å². The summed E-state index contributed by atoms with van der Waals surface area (Å²) in [6, 6.07) is 13.4. The molecule has 2 saturated carbocycles. The van der Waals surface area contributed by atoms with Gasteiger partial charge in [-0.15, -0.1) is 0 Å². The van der Waals surface area contributed by atoms with Crippen LogP contribution in [-0.2, 0) is 30.6 Å². The number of anilines is 1. The largest absolute Gasteiger partial charge is 0.416 e. The van der Waals surface area contributed by atoms with E-state index >= 15 is 0 Å². The van der Waals surface area contributed by atoms with Gasteiger partial charge in [0.25, 0.3) is 5.56 Å². The number of carbonyl (C=O) groups is 3. The number of primary amides is 1. The van der Waals surface area contributed by atoms with Gasteiger partial charge in [-0.05, 0) is 93.5 Å². The minimum atomic E-state index is -4.44. The molecule has 0 unspecified atom stereocenters. The standard InChI is InChI=1S/C15H25NO3S.C14H16F3N3O2.C9H7NO/c1-3-4-5-6-7-8-12-11-13(12)14(17)16-20(18,19)15(2)9-10-15;15-14(16,17)9-3-1-4-10(7-9)19-8-12(21)20-6-2-5-11(20)13(18)22;11-9-8-4-2-1-3-7(8)5-6-10-9/h7-8,12-13H,3-6,9-11H2,1-2H3,(H,16,17);1,3-4,7,11,19H,2,5-6,8H2,(H2,18,22);1-6H,(H,10,11)/b8-7-;;/t12-,13+;11-;/m10./s1. The number of aromatic amines is 1. The Kier molecular flexibility index (Phi) is 13.9. The van der Waals surface area contributed by atoms with Crippen molar-refractivity contribution in [3.05, 3.63) is 88.9 Å². The number of unbranched alkanes of at least 4 members (excludes halogenated alkanes) is 3. The smallest absolute Gasteiger partial charge is 0.376 e. The normalized spacial score (nSPS) is 20.1. The van der Waals surface area contributed by atoms with Crippen molar-refractivity contribution in [3.8, 4) is 0 Å². The van der Waals surface area contributed by atoms with E-state index in [1.165, 1.54) is 36.3 Å². The molecule has 15 heteroatoms. The molecule has 6 rings (SSSR count). The van der Waals surface area contributed by atoms with E-state index in [1.807, 2.05) is 30.3 Å². The molecule has 0 bridgehead atoms. The van der Waals surface area contributed by atoms with Crippen molar-refractivity contribution in [1.29, 1.82) is 0 Å². The number of hydrogen-bond acceptors (Lipinski definition) is 7. The summed E-state index contributed by atoms with van der Waals surface area (Å²) in [5, 5.41) is 4.38. The van der Waals surface area contributed by atoms with Crippen LogP contribution in [0.4, 0.5) is 18.9 Å². The Hall–Kier alpha value is -4.66. The number of likely N-dealkylation sites (tertiary alicyclic amines) is 1. The molecule has 1 aliphatic heterocycles. The highest BCUT2D eigenvalue weighted by Gasteiger charge is 2.52. The van der Waals surface area contributed by atoms with Crippen molar-refractivity contribution >= 4 is 44.2 Å². The zero-order chi connectivity index (χ0) is 38.8. The van der Waals surface area contributed by atoms with Crippen LogP contribution in [0.25, 0.3) is 10.8 Å². The summed E-state index contributed by atoms with van der Waals surface area (Å²) in [6.07, 6.45) is 9.39. The molecule has 3 aromatic rings. The number of nitrogens with one attached hydrogen (secondary N) is 3. The van der Waals surface area contributed by atoms with Gasteiger partial charge < -0.3 is 20.9 Å². The summed E-state index contributed by atoms with van der Waals surface area (Å²) < 4.78 is 63.2. The maximum Gasteiger partial charge on any atom is 0.416 e. The lowest BCUT2D eigenvalue weighted by atomic mass is 10.2. The molecule has 3 atom stereocenters. The summed E-state index contributed by atoms with van der Waals surface area (Å²) in [4.78, 5) is 50.3. The first-order chi connectivity index (χ1) is 25.1. The summed E-state index contributed by atoms with van der Waals surface area (Å²) in [6.45, 7) is 4.11. The maximum absolute atomic E-state index is 12.6. The van der Waals surface area contributed by atoms with Crippen LogP contribution in [-0.4, -0.2) is 59.9 Å². The van der Waals surface area contributed by atoms with Crippen molar-refractivity contribution in [3.63, 3.8) is 0 Å². The zero-order valence-corrected chi connectivity index (χ0v) is 30.8. The highest BCUT2D eigenvalue weighted by molar-refractivity contribution is 7.91. The number of nitrogens with zero attached hydrogens (tertiary/aromatic N) is 1. The van der Waals surface area contributed by atoms with E-state index in [4.69, 9.17) is 5.73 Å². The molecule has 2 aliphatic carbocycles. The third-order valence-electron chi connectivity index (χ3n) is 9.59. The number of allylic oxidation sites excluding steroid dienone is 2. The van der Waals surface area contributed by atoms with Crippen LogP contribution in [0, 0.1) is 11.8 Å². The summed E-state index contributed by atoms with van der Waals surface area (Å²) in [7, 11) is -3.47. The molecule has 288 valence electrons. The quantitative estimate of drug-likeness (QED) is 0.132. The molecule has 3 aliphatic rings. The number of rotatable bonds is 12. The third kappa shape index (κ3) is 11.7. The highest BCUT2D eigenvalue weighted by atomic mass is 32.2. The van der Waals surface area contributed by atoms with Gasteiger partial charge in [0.2, 0.25) is 27.7 Å². The van der Waals surface area contributed by atoms with Crippen LogP contribution in [0.3, 0.4) is 0 Å². The Morgan fingerprint density at radius 2 is 1.81 bits per heavy atom. The Balaban J connectivity index is 0.000000186. The molecular weight excluding hydrogens is 712 g/mol. The molecule has 3 amide bonds. The Morgan fingerprint density at radius 1 is 1.08 bits per heavy atom. The van der Waals surface area contributed by atoms with E-state index in [2.05, 4.69) is 34.1 Å². The third-order valence-corrected chi connectivity index (χ3v) is 11.8. The fraction of sp³-hybridized carbons (Fsp3) is 0.474. The zero-order valence-electron chi connectivity index (χ0n) is 30.0. The van der Waals surface area contributed by atoms with E-state index < -0.39 is 38.5 Å². The first-order valence-corrected chi connectivity index (χ1v) is 19.3. The summed E-state index contributed by atoms with van der Waals surface area (Å²) in [5.41, 5.74) is 4.60. The van der Waals surface area contributed by atoms with Gasteiger partial charge in [-0.2, -0.15) is 13.2 Å². The Bertz CT molecular complexity index is 1940. The van der Waals surface area contributed by atoms with Crippen LogP contribution in [0.5, 0.6) is 0 Å². The Morgan fingerprint density at radius 3 is 2.47 bits per heavy atom. The van der Waals surface area contributed by atoms with Crippen molar-refractivity contribution in [2.24, 2.45) is 17.6 Å². The average Bonchev–Trinajstić information content (AvgIpc) is 4.02. The van der Waals surface area contributed by atoms with Gasteiger partial charge in [-0.25, -0.2) is 8.42 Å². The van der Waals surface area contributed by atoms with Gasteiger partial charge in [0.1, 0.15) is 6.04 Å². The molecule has 1 aromatic heterocycles. The van der Waals surface area contributed by atoms with Gasteiger partial charge in [-0.1, -0.05) is 56.2 Å². The molecule has 53 heavy (non-hydrogen) atoms. The average molecular weight is 760 g/mol. The monoisotopic (exact) mass is 759 g/mol. The number of aromatic nitrogens is 1. The van der Waals surface area contributed by atoms with Gasteiger partial charge in [0, 0.05) is 29.7 Å². The molecule has 11 nitrogen and oxygen atoms in total. The number of halogens is 3. The first-order valence-electron chi connectivity index (χ1n) is 17.9. The number of amides is 3. The SMILES string of the molecule is CCCCC/C=C\[C@@H]1C[C@@H]1C(=O)NS(=O)(=O)C1(C)CC1.NC(=O)[C@@H]1CCCN1C(=O)CNc1cccc(C(F)(F)F)c1.O=c1[nH]ccc2ccccc12. The molecule has 2 aromatic carbocycles. The molecular formula is C38H48F3N5O6S. The lowest BCUT2D eigenvalue weighted by Crippen LogP contribution is -2.45. The van der Waals surface area contributed by atoms with Crippen LogP contribution in [0.2, 0.25) is 0 Å². The predicted molar refractivity (Wildman–Crippen MR) is 198 cm³/mol. The van der Waals surface area contributed by atoms with Crippen molar-refractivity contribution in [2.75, 3.05) is 18.4 Å². The number of hydrogen-bond donors (Lipinski definition) is 4. The topological polar surface area (TPSA) is 172 Å². The second-order valence-electron chi connectivity index (χ2n) is 13.8. The fourth-order valence-corrected chi connectivity index (χ4v) is 7.17. The number of nitrogens with two attached hydrogens (primary N) is 1. The van der Waals surface area contributed by atoms with E-state index in [0.717, 1.165) is 35.7 Å². The van der Waals surface area contributed by atoms with Gasteiger partial charge in [0.15, 0.2) is 0 Å². The van der Waals surface area contributed by atoms with Crippen LogP contribution in [0.15, 0.2) is 77.7 Å². The summed E-state index contributed by atoms with van der Waals surface area (Å²) >= 11 is 0. The molecule has 1 saturated heterocycles. The van der Waals surface area contributed by atoms with Crippen molar-refractivity contribution in [1.82, 2.24) is 14.6 Å². The molecule has 5 N–H and O–H groups in total. The number of fused-ring (bicyclic) bond motifs is 1. The maximum atomic E-state index is 12.6. The lowest BCUT2D eigenvalue weighted by Gasteiger charge is -2.22. The fourth-order valence-electron chi connectivity index (χ4n) is 5.87. The molecule has 3 fully saturated rings.